The Morgan fingerprint density at radius 3 is 2.47 bits per heavy atom. The van der Waals surface area contributed by atoms with Crippen LogP contribution in [0.2, 0.25) is 0 Å². The van der Waals surface area contributed by atoms with Crippen molar-refractivity contribution in [1.29, 1.82) is 0 Å². The molecule has 2 saturated heterocycles. The molecule has 0 aliphatic carbocycles. The van der Waals surface area contributed by atoms with Gasteiger partial charge in [-0.2, -0.15) is 0 Å². The highest BCUT2D eigenvalue weighted by molar-refractivity contribution is 6.05. The van der Waals surface area contributed by atoms with Gasteiger partial charge in [0.1, 0.15) is 22.8 Å². The lowest BCUT2D eigenvalue weighted by Gasteiger charge is -2.24. The zero-order chi connectivity index (χ0) is 22.5. The summed E-state index contributed by atoms with van der Waals surface area (Å²) in [4.78, 5) is 28.5. The Labute approximate surface area is 185 Å². The quantitative estimate of drug-likeness (QED) is 0.701. The molecule has 4 atom stereocenters. The Morgan fingerprint density at radius 1 is 1.06 bits per heavy atom. The molecule has 32 heavy (non-hydrogen) atoms. The fourth-order valence-electron chi connectivity index (χ4n) is 4.90. The summed E-state index contributed by atoms with van der Waals surface area (Å²) < 4.78 is 22.0. The molecule has 3 unspecified atom stereocenters. The van der Waals surface area contributed by atoms with Crippen molar-refractivity contribution in [2.24, 2.45) is 11.8 Å². The van der Waals surface area contributed by atoms with Crippen molar-refractivity contribution in [3.05, 3.63) is 54.6 Å². The first-order chi connectivity index (χ1) is 15.5. The van der Waals surface area contributed by atoms with E-state index in [-0.39, 0.29) is 11.8 Å². The SMILES string of the molecule is COc1ccc(N2C[C@]34C=CC(O3)C(C(=O)Nc3ccc(OC)cc3OC)C4C2=O)cc1. The maximum Gasteiger partial charge on any atom is 0.234 e. The van der Waals surface area contributed by atoms with Crippen LogP contribution in [0.3, 0.4) is 0 Å². The van der Waals surface area contributed by atoms with Gasteiger partial charge < -0.3 is 29.2 Å². The molecular weight excluding hydrogens is 412 g/mol. The van der Waals surface area contributed by atoms with Crippen molar-refractivity contribution in [3.63, 3.8) is 0 Å². The summed E-state index contributed by atoms with van der Waals surface area (Å²) in [6.07, 6.45) is 3.38. The first kappa shape index (κ1) is 20.4. The molecule has 0 saturated carbocycles. The second-order valence-electron chi connectivity index (χ2n) is 8.08. The van der Waals surface area contributed by atoms with Crippen LogP contribution in [0.15, 0.2) is 54.6 Å². The summed E-state index contributed by atoms with van der Waals surface area (Å²) in [5.41, 5.74) is 0.459. The highest BCUT2D eigenvalue weighted by Gasteiger charge is 2.67. The van der Waals surface area contributed by atoms with E-state index in [2.05, 4.69) is 5.32 Å². The van der Waals surface area contributed by atoms with Crippen LogP contribution in [0.25, 0.3) is 0 Å². The van der Waals surface area contributed by atoms with Crippen molar-refractivity contribution in [2.75, 3.05) is 38.1 Å². The van der Waals surface area contributed by atoms with Crippen LogP contribution < -0.4 is 24.4 Å². The average molecular weight is 436 g/mol. The predicted octanol–water partition coefficient (Wildman–Crippen LogP) is 2.64. The van der Waals surface area contributed by atoms with Crippen LogP contribution in [0.1, 0.15) is 0 Å². The van der Waals surface area contributed by atoms with Crippen molar-refractivity contribution >= 4 is 23.2 Å². The minimum absolute atomic E-state index is 0.121. The van der Waals surface area contributed by atoms with Gasteiger partial charge in [0.2, 0.25) is 11.8 Å². The Bertz CT molecular complexity index is 1100. The van der Waals surface area contributed by atoms with E-state index in [0.29, 0.717) is 29.5 Å². The molecule has 2 amide bonds. The Hall–Kier alpha value is -3.52. The molecule has 1 N–H and O–H groups in total. The molecule has 1 spiro atoms. The lowest BCUT2D eigenvalue weighted by molar-refractivity contribution is -0.128. The van der Waals surface area contributed by atoms with E-state index in [1.807, 2.05) is 36.4 Å². The summed E-state index contributed by atoms with van der Waals surface area (Å²) >= 11 is 0. The first-order valence-electron chi connectivity index (χ1n) is 10.3. The highest BCUT2D eigenvalue weighted by atomic mass is 16.5. The number of amides is 2. The largest absolute Gasteiger partial charge is 0.497 e. The minimum atomic E-state index is -0.798. The molecule has 5 rings (SSSR count). The summed E-state index contributed by atoms with van der Waals surface area (Å²) in [6, 6.07) is 12.4. The third-order valence-electron chi connectivity index (χ3n) is 6.45. The lowest BCUT2D eigenvalue weighted by Crippen LogP contribution is -2.41. The van der Waals surface area contributed by atoms with E-state index in [4.69, 9.17) is 18.9 Å². The van der Waals surface area contributed by atoms with Gasteiger partial charge in [0.25, 0.3) is 0 Å². The van der Waals surface area contributed by atoms with Crippen LogP contribution in [0.5, 0.6) is 17.2 Å². The fourth-order valence-corrected chi connectivity index (χ4v) is 4.90. The second-order valence-corrected chi connectivity index (χ2v) is 8.08. The Balaban J connectivity index is 1.41. The number of hydrogen-bond donors (Lipinski definition) is 1. The lowest BCUT2D eigenvalue weighted by atomic mass is 9.76. The van der Waals surface area contributed by atoms with Gasteiger partial charge in [-0.15, -0.1) is 0 Å². The molecule has 2 aromatic rings. The molecular formula is C24H24N2O6. The normalized spacial score (nSPS) is 27.4. The number of hydrogen-bond acceptors (Lipinski definition) is 6. The molecule has 2 aromatic carbocycles. The van der Waals surface area contributed by atoms with Crippen LogP contribution in [0.4, 0.5) is 11.4 Å². The number of carbonyl (C=O) groups is 2. The molecule has 166 valence electrons. The summed E-state index contributed by atoms with van der Waals surface area (Å²) in [5, 5.41) is 2.92. The molecule has 3 aliphatic rings. The molecule has 0 radical (unpaired) electrons. The van der Waals surface area contributed by atoms with Gasteiger partial charge in [-0.05, 0) is 36.4 Å². The van der Waals surface area contributed by atoms with E-state index < -0.39 is 23.5 Å². The van der Waals surface area contributed by atoms with E-state index in [1.54, 1.807) is 37.3 Å². The van der Waals surface area contributed by atoms with Crippen LogP contribution in [0, 0.1) is 11.8 Å². The minimum Gasteiger partial charge on any atom is -0.497 e. The maximum atomic E-state index is 13.5. The number of fused-ring (bicyclic) bond motifs is 1. The number of ether oxygens (including phenoxy) is 4. The molecule has 3 heterocycles. The summed E-state index contributed by atoms with van der Waals surface area (Å²) in [5.74, 6) is 0.173. The van der Waals surface area contributed by atoms with E-state index in [0.717, 1.165) is 5.69 Å². The number of benzene rings is 2. The Kier molecular flexibility index (Phi) is 4.82. The fraction of sp³-hybridized carbons (Fsp3) is 0.333. The van der Waals surface area contributed by atoms with Gasteiger partial charge in [0.05, 0.1) is 51.5 Å². The summed E-state index contributed by atoms with van der Waals surface area (Å²) in [7, 11) is 4.68. The number of nitrogens with one attached hydrogen (secondary N) is 1. The number of anilines is 2. The molecule has 2 bridgehead atoms. The molecule has 8 nitrogen and oxygen atoms in total. The van der Waals surface area contributed by atoms with Gasteiger partial charge >= 0.3 is 0 Å². The van der Waals surface area contributed by atoms with Crippen LogP contribution >= 0.6 is 0 Å². The number of rotatable bonds is 6. The maximum absolute atomic E-state index is 13.5. The zero-order valence-electron chi connectivity index (χ0n) is 18.0. The van der Waals surface area contributed by atoms with Crippen molar-refractivity contribution < 1.29 is 28.5 Å². The smallest absolute Gasteiger partial charge is 0.234 e. The molecule has 8 heteroatoms. The predicted molar refractivity (Wildman–Crippen MR) is 117 cm³/mol. The van der Waals surface area contributed by atoms with Gasteiger partial charge in [-0.25, -0.2) is 0 Å². The van der Waals surface area contributed by atoms with Crippen molar-refractivity contribution in [3.8, 4) is 17.2 Å². The van der Waals surface area contributed by atoms with Gasteiger partial charge in [0, 0.05) is 11.8 Å². The van der Waals surface area contributed by atoms with Crippen LogP contribution in [-0.4, -0.2) is 51.4 Å². The van der Waals surface area contributed by atoms with Crippen molar-refractivity contribution in [1.82, 2.24) is 0 Å². The standard InChI is InChI=1S/C24H24N2O6/c1-29-15-6-4-14(5-7-15)26-13-24-11-10-18(32-24)20(21(24)23(26)28)22(27)25-17-9-8-16(30-2)12-19(17)31-3/h4-12,18,20-21H,13H2,1-3H3,(H,25,27)/t18?,20?,21?,24-/m0/s1. The Morgan fingerprint density at radius 2 is 1.78 bits per heavy atom. The number of methoxy groups -OCH3 is 3. The van der Waals surface area contributed by atoms with Gasteiger partial charge in [0.15, 0.2) is 0 Å². The zero-order valence-corrected chi connectivity index (χ0v) is 18.0. The topological polar surface area (TPSA) is 86.3 Å². The molecule has 0 aromatic heterocycles. The van der Waals surface area contributed by atoms with Gasteiger partial charge in [-0.1, -0.05) is 12.2 Å². The first-order valence-corrected chi connectivity index (χ1v) is 10.3. The average Bonchev–Trinajstić information content (AvgIpc) is 3.47. The third kappa shape index (κ3) is 3.02. The molecule has 2 fully saturated rings. The van der Waals surface area contributed by atoms with E-state index in [1.165, 1.54) is 7.11 Å². The third-order valence-corrected chi connectivity index (χ3v) is 6.45. The summed E-state index contributed by atoms with van der Waals surface area (Å²) in [6.45, 7) is 0.367. The van der Waals surface area contributed by atoms with Crippen LogP contribution in [-0.2, 0) is 14.3 Å². The number of nitrogens with zero attached hydrogens (tertiary/aromatic N) is 1. The number of carbonyl (C=O) groups excluding carboxylic acids is 2. The van der Waals surface area contributed by atoms with Gasteiger partial charge in [-0.3, -0.25) is 9.59 Å². The monoisotopic (exact) mass is 436 g/mol. The van der Waals surface area contributed by atoms with E-state index in [9.17, 15) is 9.59 Å². The molecule has 3 aliphatic heterocycles. The second kappa shape index (κ2) is 7.56. The highest BCUT2D eigenvalue weighted by Crippen LogP contribution is 2.53. The van der Waals surface area contributed by atoms with Crippen molar-refractivity contribution in [2.45, 2.75) is 11.7 Å². The van der Waals surface area contributed by atoms with E-state index >= 15 is 0 Å².